The molecule has 1 aliphatic carbocycles. The lowest BCUT2D eigenvalue weighted by molar-refractivity contribution is -0.141. The molecule has 1 atom stereocenters. The number of halogens is 4. The van der Waals surface area contributed by atoms with Gasteiger partial charge in [-0.2, -0.15) is 27.7 Å². The van der Waals surface area contributed by atoms with Gasteiger partial charge in [-0.05, 0) is 54.8 Å². The van der Waals surface area contributed by atoms with Gasteiger partial charge in [0.05, 0.1) is 23.8 Å². The smallest absolute Gasteiger partial charge is 0.433 e. The number of alkyl halides is 3. The molecule has 4 heterocycles. The summed E-state index contributed by atoms with van der Waals surface area (Å²) in [5.74, 6) is -0.594. The molecule has 14 heteroatoms. The Morgan fingerprint density at radius 3 is 2.56 bits per heavy atom. The average Bonchev–Trinajstić information content (AvgIpc) is 3.56. The summed E-state index contributed by atoms with van der Waals surface area (Å²) in [6.07, 6.45) is 2.30. The van der Waals surface area contributed by atoms with Crippen LogP contribution >= 0.6 is 0 Å². The van der Waals surface area contributed by atoms with Gasteiger partial charge >= 0.3 is 6.18 Å². The molecule has 0 N–H and O–H groups in total. The van der Waals surface area contributed by atoms with E-state index >= 15 is 0 Å². The van der Waals surface area contributed by atoms with Gasteiger partial charge < -0.3 is 4.74 Å². The van der Waals surface area contributed by atoms with E-state index in [0.717, 1.165) is 22.9 Å². The van der Waals surface area contributed by atoms with Gasteiger partial charge in [0.1, 0.15) is 23.0 Å². The minimum Gasteiger partial charge on any atom is -0.477 e. The summed E-state index contributed by atoms with van der Waals surface area (Å²) >= 11 is 0. The van der Waals surface area contributed by atoms with E-state index in [1.165, 1.54) is 45.6 Å². The summed E-state index contributed by atoms with van der Waals surface area (Å²) in [5, 5.41) is 8.48. The van der Waals surface area contributed by atoms with Crippen molar-refractivity contribution in [1.29, 1.82) is 0 Å². The largest absolute Gasteiger partial charge is 0.477 e. The number of aromatic nitrogens is 5. The number of aryl methyl sites for hydroxylation is 1. The van der Waals surface area contributed by atoms with Gasteiger partial charge in [0.2, 0.25) is 15.9 Å². The summed E-state index contributed by atoms with van der Waals surface area (Å²) in [7, 11) is -2.29. The minimum atomic E-state index is -4.64. The summed E-state index contributed by atoms with van der Waals surface area (Å²) in [5.41, 5.74) is 1.09. The molecule has 0 saturated carbocycles. The molecule has 3 aromatic heterocycles. The summed E-state index contributed by atoms with van der Waals surface area (Å²) in [6, 6.07) is 9.29. The van der Waals surface area contributed by atoms with E-state index in [9.17, 15) is 26.0 Å². The zero-order valence-electron chi connectivity index (χ0n) is 21.7. The van der Waals surface area contributed by atoms with Crippen molar-refractivity contribution in [3.63, 3.8) is 0 Å². The number of fused-ring (bicyclic) bond motifs is 2. The van der Waals surface area contributed by atoms with E-state index in [2.05, 4.69) is 15.2 Å². The van der Waals surface area contributed by atoms with E-state index in [4.69, 9.17) is 4.74 Å². The molecule has 6 rings (SSSR count). The van der Waals surface area contributed by atoms with Crippen LogP contribution in [-0.4, -0.2) is 57.0 Å². The van der Waals surface area contributed by atoms with Crippen LogP contribution in [0, 0.1) is 11.2 Å². The van der Waals surface area contributed by atoms with Gasteiger partial charge in [-0.15, -0.1) is 0 Å². The fraction of sp³-hybridized carbons (Fsp3) is 0.296. The number of hydrogen-bond donors (Lipinski definition) is 0. The highest BCUT2D eigenvalue weighted by Crippen LogP contribution is 2.45. The Morgan fingerprint density at radius 1 is 1.07 bits per heavy atom. The van der Waals surface area contributed by atoms with Gasteiger partial charge in [0.15, 0.2) is 0 Å². The molecule has 2 aliphatic rings. The Kier molecular flexibility index (Phi) is 6.49. The number of pyridine rings is 1. The maximum absolute atomic E-state index is 13.5. The summed E-state index contributed by atoms with van der Waals surface area (Å²) in [6.45, 7) is 0.0935. The fourth-order valence-electron chi connectivity index (χ4n) is 5.36. The minimum absolute atomic E-state index is 0.0240. The highest BCUT2D eigenvalue weighted by atomic mass is 32.2. The van der Waals surface area contributed by atoms with Crippen molar-refractivity contribution in [1.82, 2.24) is 28.9 Å². The van der Waals surface area contributed by atoms with Crippen LogP contribution in [0.2, 0.25) is 0 Å². The Bertz CT molecular complexity index is 1750. The van der Waals surface area contributed by atoms with Gasteiger partial charge in [-0.25, -0.2) is 22.5 Å². The molecule has 1 saturated heterocycles. The van der Waals surface area contributed by atoms with E-state index in [1.54, 1.807) is 30.1 Å². The molecule has 1 aromatic carbocycles. The van der Waals surface area contributed by atoms with Crippen LogP contribution in [0.5, 0.6) is 5.88 Å². The zero-order valence-corrected chi connectivity index (χ0v) is 22.5. The van der Waals surface area contributed by atoms with Gasteiger partial charge in [-0.1, -0.05) is 11.6 Å². The van der Waals surface area contributed by atoms with Crippen LogP contribution in [0.15, 0.2) is 71.5 Å². The zero-order chi connectivity index (χ0) is 29.0. The van der Waals surface area contributed by atoms with Crippen LogP contribution in [-0.2, 0) is 29.7 Å². The predicted octanol–water partition coefficient (Wildman–Crippen LogP) is 4.26. The van der Waals surface area contributed by atoms with Crippen molar-refractivity contribution in [2.24, 2.45) is 12.5 Å². The molecule has 1 fully saturated rings. The number of benzene rings is 1. The van der Waals surface area contributed by atoms with Crippen LogP contribution in [0.4, 0.5) is 17.6 Å². The predicted molar refractivity (Wildman–Crippen MR) is 139 cm³/mol. The maximum atomic E-state index is 13.5. The van der Waals surface area contributed by atoms with Crippen molar-refractivity contribution in [2.45, 2.75) is 23.9 Å². The second-order valence-electron chi connectivity index (χ2n) is 10.2. The summed E-state index contributed by atoms with van der Waals surface area (Å²) in [4.78, 5) is 3.66. The molecule has 214 valence electrons. The van der Waals surface area contributed by atoms with Gasteiger partial charge in [0.25, 0.3) is 0 Å². The Labute approximate surface area is 232 Å². The molecule has 1 unspecified atom stereocenters. The van der Waals surface area contributed by atoms with E-state index < -0.39 is 27.3 Å². The molecular weight excluding hydrogens is 564 g/mol. The Balaban J connectivity index is 1.37. The first-order chi connectivity index (χ1) is 19.4. The van der Waals surface area contributed by atoms with Crippen LogP contribution in [0.1, 0.15) is 23.4 Å². The third-order valence-electron chi connectivity index (χ3n) is 7.42. The number of piperidine rings is 1. The lowest BCUT2D eigenvalue weighted by atomic mass is 9.69. The topological polar surface area (TPSA) is 95.1 Å². The van der Waals surface area contributed by atoms with Gasteiger partial charge in [-0.3, -0.25) is 4.68 Å². The first-order valence-corrected chi connectivity index (χ1v) is 14.1. The normalized spacial score (nSPS) is 19.4. The van der Waals surface area contributed by atoms with Crippen molar-refractivity contribution >= 4 is 16.1 Å². The molecule has 0 radical (unpaired) electrons. The fourth-order valence-corrected chi connectivity index (χ4v) is 6.88. The maximum Gasteiger partial charge on any atom is 0.433 e. The number of ether oxygens (including phenoxy) is 1. The number of nitrogens with zero attached hydrogens (tertiary/aromatic N) is 6. The third kappa shape index (κ3) is 5.01. The lowest BCUT2D eigenvalue weighted by Crippen LogP contribution is -2.51. The van der Waals surface area contributed by atoms with E-state index in [0.29, 0.717) is 18.5 Å². The van der Waals surface area contributed by atoms with Crippen LogP contribution < -0.4 is 4.74 Å². The molecule has 0 spiro atoms. The quantitative estimate of drug-likeness (QED) is 0.313. The Morgan fingerprint density at radius 2 is 1.85 bits per heavy atom. The van der Waals surface area contributed by atoms with Crippen LogP contribution in [0.3, 0.4) is 0 Å². The van der Waals surface area contributed by atoms with E-state index in [1.807, 2.05) is 6.08 Å². The van der Waals surface area contributed by atoms with Crippen LogP contribution in [0.25, 0.3) is 11.8 Å². The molecule has 4 aromatic rings. The first kappa shape index (κ1) is 27.1. The van der Waals surface area contributed by atoms with Crippen molar-refractivity contribution in [3.05, 3.63) is 89.4 Å². The number of hydrogen-bond acceptors (Lipinski definition) is 6. The van der Waals surface area contributed by atoms with E-state index in [-0.39, 0.29) is 36.3 Å². The standard InChI is InChI=1S/C27H24F4N6O3S/c1-35-15-22(14-32-35)41(38,39)36-10-9-19-11-23-18(13-33-37(23)21-7-5-20(28)6-8-21)12-26(19,16-36)17-40-25-4-2-3-24(34-25)27(29,30)31/h2-8,11,13-15H,9-10,12,16-17H2,1H3. The molecule has 1 aliphatic heterocycles. The Hall–Kier alpha value is -4.04. The molecule has 9 nitrogen and oxygen atoms in total. The van der Waals surface area contributed by atoms with Gasteiger partial charge in [0, 0.05) is 37.8 Å². The molecule has 41 heavy (non-hydrogen) atoms. The second-order valence-corrected chi connectivity index (χ2v) is 12.1. The monoisotopic (exact) mass is 588 g/mol. The lowest BCUT2D eigenvalue weighted by Gasteiger charge is -2.45. The van der Waals surface area contributed by atoms with Crippen molar-refractivity contribution in [2.75, 3.05) is 19.7 Å². The SMILES string of the molecule is Cn1cc(S(=O)(=O)N2CCC3=Cc4c(cnn4-c4ccc(F)cc4)CC3(COc3cccc(C(F)(F)F)n3)C2)cn1. The average molecular weight is 589 g/mol. The summed E-state index contributed by atoms with van der Waals surface area (Å²) < 4.78 is 90.7. The molecule has 0 bridgehead atoms. The van der Waals surface area contributed by atoms with Crippen molar-refractivity contribution in [3.8, 4) is 11.6 Å². The highest BCUT2D eigenvalue weighted by Gasteiger charge is 2.47. The molecular formula is C27H24F4N6O3S. The number of sulfonamides is 1. The third-order valence-corrected chi connectivity index (χ3v) is 9.22. The first-order valence-electron chi connectivity index (χ1n) is 12.6. The highest BCUT2D eigenvalue weighted by molar-refractivity contribution is 7.89. The second kappa shape index (κ2) is 9.80. The molecule has 0 amide bonds. The van der Waals surface area contributed by atoms with Crippen molar-refractivity contribution < 1.29 is 30.7 Å². The number of rotatable bonds is 6.